The largest absolute Gasteiger partial charge is 0.343 e. The second kappa shape index (κ2) is 11.8. The first-order valence-electron chi connectivity index (χ1n) is 9.81. The van der Waals surface area contributed by atoms with Crippen LogP contribution < -0.4 is 16.1 Å². The molecular weight excluding hydrogens is 563 g/mol. The number of terminal acetylenes is 1. The van der Waals surface area contributed by atoms with Gasteiger partial charge in [0.25, 0.3) is 11.8 Å². The van der Waals surface area contributed by atoms with E-state index in [2.05, 4.69) is 48.0 Å². The average Bonchev–Trinajstić information content (AvgIpc) is 3.20. The van der Waals surface area contributed by atoms with Crippen molar-refractivity contribution in [2.75, 3.05) is 18.5 Å². The number of nitrogens with one attached hydrogen (secondary N) is 3. The Bertz CT molecular complexity index is 1340. The highest BCUT2D eigenvalue weighted by Crippen LogP contribution is 2.27. The third-order valence-corrected chi connectivity index (χ3v) is 5.29. The van der Waals surface area contributed by atoms with Gasteiger partial charge in [0, 0.05) is 17.3 Å². The number of carbonyl (C=O) groups excluding carboxylic acids is 3. The lowest BCUT2D eigenvalue weighted by Gasteiger charge is -2.15. The first-order valence-corrected chi connectivity index (χ1v) is 11.4. The lowest BCUT2D eigenvalue weighted by Crippen LogP contribution is -2.33. The maximum absolute atomic E-state index is 13.2. The molecular formula is C22H17BrCl2N6O4. The van der Waals surface area contributed by atoms with Gasteiger partial charge in [-0.15, -0.1) is 6.42 Å². The van der Waals surface area contributed by atoms with Crippen LogP contribution in [0.25, 0.3) is 5.82 Å². The number of pyridine rings is 1. The van der Waals surface area contributed by atoms with Crippen LogP contribution in [0, 0.1) is 19.3 Å². The van der Waals surface area contributed by atoms with Crippen LogP contribution in [0.1, 0.15) is 26.4 Å². The minimum atomic E-state index is -0.738. The fourth-order valence-electron chi connectivity index (χ4n) is 2.90. The molecule has 3 amide bonds. The average molecular weight is 580 g/mol. The van der Waals surface area contributed by atoms with Crippen LogP contribution in [-0.2, 0) is 9.63 Å². The maximum Gasteiger partial charge on any atom is 0.277 e. The molecule has 2 heterocycles. The minimum Gasteiger partial charge on any atom is -0.343 e. The van der Waals surface area contributed by atoms with Gasteiger partial charge in [0.2, 0.25) is 5.91 Å². The Morgan fingerprint density at radius 2 is 2.00 bits per heavy atom. The van der Waals surface area contributed by atoms with Crippen LogP contribution in [0.15, 0.2) is 41.1 Å². The van der Waals surface area contributed by atoms with Crippen LogP contribution in [-0.4, -0.2) is 45.6 Å². The van der Waals surface area contributed by atoms with Crippen LogP contribution in [0.4, 0.5) is 5.69 Å². The molecule has 0 spiro atoms. The number of rotatable bonds is 8. The Balaban J connectivity index is 1.85. The molecule has 0 aliphatic carbocycles. The SMILES string of the molecule is C#CCNC(=O)CONC(=O)c1cc(Cl)cc(C)c1NC(=O)c1cc(Br)nn1-c1ncccc1Cl. The zero-order chi connectivity index (χ0) is 25.5. The quantitative estimate of drug-likeness (QED) is 0.277. The molecule has 0 saturated carbocycles. The number of nitrogens with zero attached hydrogens (tertiary/aromatic N) is 3. The second-order valence-corrected chi connectivity index (χ2v) is 8.53. The molecule has 10 nitrogen and oxygen atoms in total. The van der Waals surface area contributed by atoms with Crippen molar-refractivity contribution in [1.29, 1.82) is 0 Å². The first-order chi connectivity index (χ1) is 16.7. The molecule has 0 atom stereocenters. The van der Waals surface area contributed by atoms with E-state index >= 15 is 0 Å². The number of anilines is 1. The number of amides is 3. The highest BCUT2D eigenvalue weighted by molar-refractivity contribution is 9.10. The van der Waals surface area contributed by atoms with Crippen molar-refractivity contribution in [3.05, 3.63) is 68.0 Å². The van der Waals surface area contributed by atoms with Crippen LogP contribution >= 0.6 is 39.1 Å². The van der Waals surface area contributed by atoms with Gasteiger partial charge >= 0.3 is 0 Å². The van der Waals surface area contributed by atoms with E-state index in [4.69, 9.17) is 34.5 Å². The van der Waals surface area contributed by atoms with E-state index in [1.807, 2.05) is 0 Å². The van der Waals surface area contributed by atoms with Gasteiger partial charge in [0.05, 0.1) is 22.8 Å². The summed E-state index contributed by atoms with van der Waals surface area (Å²) < 4.78 is 1.64. The molecule has 0 saturated heterocycles. The fraction of sp³-hybridized carbons (Fsp3) is 0.136. The standard InChI is InChI=1S/C22H17BrCl2N6O4/c1-3-6-26-18(32)11-35-30-21(33)14-9-13(24)8-12(2)19(14)28-22(34)16-10-17(23)29-31(16)20-15(25)5-4-7-27-20/h1,4-5,7-10H,6,11H2,2H3,(H,26,32)(H,28,34)(H,30,33). The van der Waals surface area contributed by atoms with Crippen LogP contribution in [0.5, 0.6) is 0 Å². The van der Waals surface area contributed by atoms with Crippen LogP contribution in [0.2, 0.25) is 10.0 Å². The Hall–Kier alpha value is -3.43. The molecule has 35 heavy (non-hydrogen) atoms. The van der Waals surface area contributed by atoms with Gasteiger partial charge in [-0.1, -0.05) is 29.1 Å². The maximum atomic E-state index is 13.2. The summed E-state index contributed by atoms with van der Waals surface area (Å²) in [5.74, 6) is 0.629. The summed E-state index contributed by atoms with van der Waals surface area (Å²) in [6.07, 6.45) is 6.58. The number of hydrogen-bond acceptors (Lipinski definition) is 6. The van der Waals surface area contributed by atoms with Crippen molar-refractivity contribution < 1.29 is 19.2 Å². The number of benzene rings is 1. The molecule has 3 rings (SSSR count). The summed E-state index contributed by atoms with van der Waals surface area (Å²) in [7, 11) is 0. The van der Waals surface area contributed by atoms with Crippen molar-refractivity contribution in [2.45, 2.75) is 6.92 Å². The molecule has 0 unspecified atom stereocenters. The Kier molecular flexibility index (Phi) is 8.84. The van der Waals surface area contributed by atoms with Gasteiger partial charge in [0.15, 0.2) is 12.4 Å². The smallest absolute Gasteiger partial charge is 0.277 e. The van der Waals surface area contributed by atoms with Gasteiger partial charge in [-0.25, -0.2) is 15.1 Å². The number of halogens is 3. The fourth-order valence-corrected chi connectivity index (χ4v) is 3.75. The molecule has 13 heteroatoms. The van der Waals surface area contributed by atoms with Gasteiger partial charge in [-0.2, -0.15) is 5.10 Å². The van der Waals surface area contributed by atoms with Crippen molar-refractivity contribution in [2.24, 2.45) is 0 Å². The van der Waals surface area contributed by atoms with Crippen molar-refractivity contribution >= 4 is 62.5 Å². The van der Waals surface area contributed by atoms with E-state index in [9.17, 15) is 14.4 Å². The van der Waals surface area contributed by atoms with E-state index in [1.165, 1.54) is 23.0 Å². The third kappa shape index (κ3) is 6.58. The molecule has 2 aromatic heterocycles. The number of aryl methyl sites for hydroxylation is 1. The molecule has 0 aliphatic rings. The Morgan fingerprint density at radius 3 is 2.71 bits per heavy atom. The lowest BCUT2D eigenvalue weighted by molar-refractivity contribution is -0.127. The van der Waals surface area contributed by atoms with Crippen LogP contribution in [0.3, 0.4) is 0 Å². The van der Waals surface area contributed by atoms with Gasteiger partial charge in [0.1, 0.15) is 10.3 Å². The summed E-state index contributed by atoms with van der Waals surface area (Å²) in [5, 5.41) is 9.86. The number of hydroxylamine groups is 1. The molecule has 180 valence electrons. The summed E-state index contributed by atoms with van der Waals surface area (Å²) in [6, 6.07) is 7.66. The molecule has 0 bridgehead atoms. The molecule has 1 aromatic carbocycles. The highest BCUT2D eigenvalue weighted by Gasteiger charge is 2.22. The topological polar surface area (TPSA) is 127 Å². The molecule has 3 aromatic rings. The summed E-state index contributed by atoms with van der Waals surface area (Å²) in [5.41, 5.74) is 2.93. The number of hydrogen-bond donors (Lipinski definition) is 3. The summed E-state index contributed by atoms with van der Waals surface area (Å²) in [6.45, 7) is 1.22. The monoisotopic (exact) mass is 578 g/mol. The van der Waals surface area contributed by atoms with E-state index in [0.29, 0.717) is 10.2 Å². The van der Waals surface area contributed by atoms with E-state index < -0.39 is 24.3 Å². The lowest BCUT2D eigenvalue weighted by atomic mass is 10.1. The first kappa shape index (κ1) is 26.2. The number of carbonyl (C=O) groups is 3. The van der Waals surface area contributed by atoms with Gasteiger partial charge < -0.3 is 10.6 Å². The van der Waals surface area contributed by atoms with E-state index in [0.717, 1.165) is 0 Å². The van der Waals surface area contributed by atoms with Gasteiger partial charge in [-0.05, 0) is 52.7 Å². The zero-order valence-electron chi connectivity index (χ0n) is 18.1. The van der Waals surface area contributed by atoms with Crippen molar-refractivity contribution in [3.63, 3.8) is 0 Å². The molecule has 0 radical (unpaired) electrons. The van der Waals surface area contributed by atoms with E-state index in [1.54, 1.807) is 25.1 Å². The Labute approximate surface area is 218 Å². The normalized spacial score (nSPS) is 10.4. The predicted molar refractivity (Wildman–Crippen MR) is 133 cm³/mol. The molecule has 3 N–H and O–H groups in total. The van der Waals surface area contributed by atoms with Crippen molar-refractivity contribution in [1.82, 2.24) is 25.6 Å². The van der Waals surface area contributed by atoms with Crippen molar-refractivity contribution in [3.8, 4) is 18.2 Å². The van der Waals surface area contributed by atoms with Gasteiger partial charge in [-0.3, -0.25) is 19.2 Å². The Morgan fingerprint density at radius 1 is 1.23 bits per heavy atom. The number of aromatic nitrogens is 3. The molecule has 0 aliphatic heterocycles. The van der Waals surface area contributed by atoms with E-state index in [-0.39, 0.29) is 39.4 Å². The third-order valence-electron chi connectivity index (χ3n) is 4.39. The highest BCUT2D eigenvalue weighted by atomic mass is 79.9. The predicted octanol–water partition coefficient (Wildman–Crippen LogP) is 3.31. The zero-order valence-corrected chi connectivity index (χ0v) is 21.2. The second-order valence-electron chi connectivity index (χ2n) is 6.87. The summed E-state index contributed by atoms with van der Waals surface area (Å²) >= 11 is 15.6. The molecule has 0 fully saturated rings. The summed E-state index contributed by atoms with van der Waals surface area (Å²) in [4.78, 5) is 46.7. The minimum absolute atomic E-state index is 0.00776.